The van der Waals surface area contributed by atoms with Gasteiger partial charge in [-0.05, 0) is 60.6 Å². The van der Waals surface area contributed by atoms with Crippen LogP contribution in [0.4, 0.5) is 11.4 Å². The number of para-hydroxylation sites is 1. The van der Waals surface area contributed by atoms with Gasteiger partial charge in [0.05, 0.1) is 6.42 Å². The number of aryl methyl sites for hydroxylation is 1. The molecule has 3 aromatic carbocycles. The number of fused-ring (bicyclic) bond motifs is 1. The summed E-state index contributed by atoms with van der Waals surface area (Å²) in [7, 11) is 0. The molecule has 1 heterocycles. The molecule has 6 nitrogen and oxygen atoms in total. The molecule has 7 heteroatoms. The zero-order valence-electron chi connectivity index (χ0n) is 17.3. The number of nitrogens with one attached hydrogen (secondary N) is 3. The van der Waals surface area contributed by atoms with Gasteiger partial charge in [0.15, 0.2) is 10.9 Å². The first-order valence-corrected chi connectivity index (χ1v) is 10.4. The van der Waals surface area contributed by atoms with Crippen molar-refractivity contribution in [2.75, 3.05) is 10.6 Å². The maximum Gasteiger partial charge on any atom is 0.291 e. The Hall–Kier alpha value is -3.97. The molecule has 0 bridgehead atoms. The van der Waals surface area contributed by atoms with E-state index in [1.807, 2.05) is 67.6 Å². The molecule has 1 aromatic heterocycles. The first-order chi connectivity index (χ1) is 15.5. The molecule has 0 saturated heterocycles. The molecule has 160 valence electrons. The van der Waals surface area contributed by atoms with Crippen molar-refractivity contribution in [1.29, 1.82) is 0 Å². The lowest BCUT2D eigenvalue weighted by Crippen LogP contribution is -2.35. The summed E-state index contributed by atoms with van der Waals surface area (Å²) in [5.41, 5.74) is 3.76. The van der Waals surface area contributed by atoms with Crippen LogP contribution in [0.2, 0.25) is 0 Å². The van der Waals surface area contributed by atoms with Gasteiger partial charge in [0.1, 0.15) is 5.58 Å². The van der Waals surface area contributed by atoms with Crippen molar-refractivity contribution in [2.24, 2.45) is 0 Å². The van der Waals surface area contributed by atoms with Crippen LogP contribution in [0.1, 0.15) is 21.7 Å². The predicted octanol–water partition coefficient (Wildman–Crippen LogP) is 5.05. The molecule has 0 radical (unpaired) electrons. The molecule has 4 aromatic rings. The maximum atomic E-state index is 12.6. The Kier molecular flexibility index (Phi) is 6.28. The molecular formula is C25H21N3O3S. The largest absolute Gasteiger partial charge is 0.451 e. The summed E-state index contributed by atoms with van der Waals surface area (Å²) in [5.74, 6) is -0.274. The summed E-state index contributed by atoms with van der Waals surface area (Å²) in [4.78, 5) is 24.7. The number of hydrogen-bond donors (Lipinski definition) is 3. The molecule has 0 spiro atoms. The number of hydrogen-bond acceptors (Lipinski definition) is 4. The number of anilines is 2. The van der Waals surface area contributed by atoms with Gasteiger partial charge in [-0.15, -0.1) is 0 Å². The standard InChI is InChI=1S/C25H21N3O3S/c1-16-13-19(26-25(32)28-23(29)14-17-7-3-2-4-8-17)11-12-20(16)27-24(30)22-15-18-9-5-6-10-21(18)31-22/h2-13,15H,14H2,1H3,(H,27,30)(H2,26,28,29,32). The summed E-state index contributed by atoms with van der Waals surface area (Å²) in [5, 5.41) is 9.62. The van der Waals surface area contributed by atoms with Gasteiger partial charge in [0.2, 0.25) is 5.91 Å². The molecule has 2 amide bonds. The first kappa shape index (κ1) is 21.3. The van der Waals surface area contributed by atoms with Crippen molar-refractivity contribution in [1.82, 2.24) is 5.32 Å². The van der Waals surface area contributed by atoms with Crippen LogP contribution in [0.15, 0.2) is 83.3 Å². The fourth-order valence-corrected chi connectivity index (χ4v) is 3.51. The molecule has 0 fully saturated rings. The average molecular weight is 444 g/mol. The molecule has 0 saturated carbocycles. The van der Waals surface area contributed by atoms with Crippen LogP contribution in [0, 0.1) is 6.92 Å². The van der Waals surface area contributed by atoms with Gasteiger partial charge < -0.3 is 20.4 Å². The van der Waals surface area contributed by atoms with Crippen LogP contribution in [-0.2, 0) is 11.2 Å². The molecule has 0 aliphatic heterocycles. The van der Waals surface area contributed by atoms with Gasteiger partial charge >= 0.3 is 0 Å². The Labute approximate surface area is 190 Å². The van der Waals surface area contributed by atoms with Gasteiger partial charge in [0, 0.05) is 16.8 Å². The van der Waals surface area contributed by atoms with E-state index in [2.05, 4.69) is 16.0 Å². The Bertz CT molecular complexity index is 1270. The van der Waals surface area contributed by atoms with E-state index in [1.165, 1.54) is 0 Å². The molecule has 3 N–H and O–H groups in total. The van der Waals surface area contributed by atoms with E-state index < -0.39 is 0 Å². The van der Waals surface area contributed by atoms with E-state index >= 15 is 0 Å². The number of carbonyl (C=O) groups excluding carboxylic acids is 2. The van der Waals surface area contributed by atoms with Crippen molar-refractivity contribution in [3.05, 3.63) is 95.7 Å². The zero-order valence-corrected chi connectivity index (χ0v) is 18.2. The lowest BCUT2D eigenvalue weighted by molar-refractivity contribution is -0.119. The third-order valence-electron chi connectivity index (χ3n) is 4.84. The van der Waals surface area contributed by atoms with Crippen LogP contribution in [0.25, 0.3) is 11.0 Å². The van der Waals surface area contributed by atoms with Gasteiger partial charge in [-0.2, -0.15) is 0 Å². The highest BCUT2D eigenvalue weighted by molar-refractivity contribution is 7.80. The molecular weight excluding hydrogens is 422 g/mol. The molecule has 0 unspecified atom stereocenters. The van der Waals surface area contributed by atoms with Crippen LogP contribution in [0.5, 0.6) is 0 Å². The Morgan fingerprint density at radius 1 is 0.906 bits per heavy atom. The van der Waals surface area contributed by atoms with Crippen LogP contribution in [0.3, 0.4) is 0 Å². The van der Waals surface area contributed by atoms with Crippen molar-refractivity contribution >= 4 is 51.5 Å². The Morgan fingerprint density at radius 3 is 2.41 bits per heavy atom. The van der Waals surface area contributed by atoms with Gasteiger partial charge in [-0.1, -0.05) is 48.5 Å². The monoisotopic (exact) mass is 443 g/mol. The third kappa shape index (κ3) is 5.19. The van der Waals surface area contributed by atoms with E-state index in [0.717, 1.165) is 16.5 Å². The van der Waals surface area contributed by atoms with E-state index in [0.29, 0.717) is 17.0 Å². The number of benzene rings is 3. The van der Waals surface area contributed by atoms with Crippen molar-refractivity contribution < 1.29 is 14.0 Å². The summed E-state index contributed by atoms with van der Waals surface area (Å²) >= 11 is 5.24. The number of amides is 2. The molecule has 0 aliphatic carbocycles. The second-order valence-corrected chi connectivity index (χ2v) is 7.71. The van der Waals surface area contributed by atoms with E-state index in [9.17, 15) is 9.59 Å². The fourth-order valence-electron chi connectivity index (χ4n) is 3.27. The summed E-state index contributed by atoms with van der Waals surface area (Å²) in [6.07, 6.45) is 0.244. The van der Waals surface area contributed by atoms with Crippen molar-refractivity contribution in [2.45, 2.75) is 13.3 Å². The second kappa shape index (κ2) is 9.45. The van der Waals surface area contributed by atoms with Crippen molar-refractivity contribution in [3.8, 4) is 0 Å². The van der Waals surface area contributed by atoms with E-state index in [-0.39, 0.29) is 29.1 Å². The lowest BCUT2D eigenvalue weighted by Gasteiger charge is -2.12. The highest BCUT2D eigenvalue weighted by Gasteiger charge is 2.14. The number of thiocarbonyl (C=S) groups is 1. The van der Waals surface area contributed by atoms with Gasteiger partial charge in [0.25, 0.3) is 5.91 Å². The number of carbonyl (C=O) groups is 2. The highest BCUT2D eigenvalue weighted by Crippen LogP contribution is 2.23. The highest BCUT2D eigenvalue weighted by atomic mass is 32.1. The summed E-state index contributed by atoms with van der Waals surface area (Å²) in [6, 6.07) is 24.0. The lowest BCUT2D eigenvalue weighted by atomic mass is 10.1. The van der Waals surface area contributed by atoms with Gasteiger partial charge in [-0.25, -0.2) is 0 Å². The summed E-state index contributed by atoms with van der Waals surface area (Å²) < 4.78 is 5.62. The quantitative estimate of drug-likeness (QED) is 0.376. The minimum Gasteiger partial charge on any atom is -0.451 e. The summed E-state index contributed by atoms with van der Waals surface area (Å²) in [6.45, 7) is 1.87. The predicted molar refractivity (Wildman–Crippen MR) is 130 cm³/mol. The normalized spacial score (nSPS) is 10.5. The van der Waals surface area contributed by atoms with Crippen LogP contribution < -0.4 is 16.0 Å². The Balaban J connectivity index is 1.35. The van der Waals surface area contributed by atoms with E-state index in [4.69, 9.17) is 16.6 Å². The minimum atomic E-state index is -0.325. The Morgan fingerprint density at radius 2 is 1.66 bits per heavy atom. The molecule has 4 rings (SSSR count). The van der Waals surface area contributed by atoms with Gasteiger partial charge in [-0.3, -0.25) is 9.59 Å². The second-order valence-electron chi connectivity index (χ2n) is 7.30. The minimum absolute atomic E-state index is 0.194. The van der Waals surface area contributed by atoms with E-state index in [1.54, 1.807) is 18.2 Å². The fraction of sp³-hybridized carbons (Fsp3) is 0.0800. The SMILES string of the molecule is Cc1cc(NC(=S)NC(=O)Cc2ccccc2)ccc1NC(=O)c1cc2ccccc2o1. The zero-order chi connectivity index (χ0) is 22.5. The number of furan rings is 1. The number of rotatable bonds is 5. The molecule has 0 atom stereocenters. The molecule has 0 aliphatic rings. The maximum absolute atomic E-state index is 12.6. The van der Waals surface area contributed by atoms with Crippen molar-refractivity contribution in [3.63, 3.8) is 0 Å². The molecule has 32 heavy (non-hydrogen) atoms. The van der Waals surface area contributed by atoms with Crippen LogP contribution >= 0.6 is 12.2 Å². The third-order valence-corrected chi connectivity index (χ3v) is 5.05. The average Bonchev–Trinajstić information content (AvgIpc) is 3.20. The van der Waals surface area contributed by atoms with Crippen LogP contribution in [-0.4, -0.2) is 16.9 Å². The topological polar surface area (TPSA) is 83.4 Å². The first-order valence-electron chi connectivity index (χ1n) is 10.0. The smallest absolute Gasteiger partial charge is 0.291 e.